The van der Waals surface area contributed by atoms with Gasteiger partial charge in [0.05, 0.1) is 0 Å². The average molecular weight is 274 g/mol. The summed E-state index contributed by atoms with van der Waals surface area (Å²) in [6, 6.07) is 11.1. The second-order valence-corrected chi connectivity index (χ2v) is 4.34. The molecule has 0 bridgehead atoms. The number of hydrogen-bond donors (Lipinski definition) is 2. The summed E-state index contributed by atoms with van der Waals surface area (Å²) >= 11 is 0. The van der Waals surface area contributed by atoms with E-state index in [0.29, 0.717) is 11.4 Å². The highest BCUT2D eigenvalue weighted by Crippen LogP contribution is 2.18. The first-order chi connectivity index (χ1) is 9.56. The normalized spacial score (nSPS) is 10.1. The number of anilines is 2. The molecule has 0 saturated heterocycles. The van der Waals surface area contributed by atoms with Gasteiger partial charge in [-0.3, -0.25) is 4.79 Å². The Bertz CT molecular complexity index is 629. The summed E-state index contributed by atoms with van der Waals surface area (Å²) in [5, 5.41) is 2.69. The molecular formula is C15H15FN2O2. The lowest BCUT2D eigenvalue weighted by molar-refractivity contribution is -0.118. The van der Waals surface area contributed by atoms with Gasteiger partial charge in [-0.15, -0.1) is 0 Å². The van der Waals surface area contributed by atoms with Crippen LogP contribution in [0.25, 0.3) is 0 Å². The van der Waals surface area contributed by atoms with Crippen molar-refractivity contribution in [3.63, 3.8) is 0 Å². The van der Waals surface area contributed by atoms with Crippen molar-refractivity contribution in [1.29, 1.82) is 0 Å². The van der Waals surface area contributed by atoms with Crippen LogP contribution in [0.1, 0.15) is 5.56 Å². The number of halogens is 1. The minimum atomic E-state index is -0.496. The summed E-state index contributed by atoms with van der Waals surface area (Å²) in [6.07, 6.45) is 0. The van der Waals surface area contributed by atoms with Gasteiger partial charge in [-0.2, -0.15) is 0 Å². The van der Waals surface area contributed by atoms with E-state index in [1.165, 1.54) is 12.1 Å². The summed E-state index contributed by atoms with van der Waals surface area (Å²) in [7, 11) is 0. The molecule has 1 amide bonds. The third-order valence-electron chi connectivity index (χ3n) is 2.72. The van der Waals surface area contributed by atoms with Crippen LogP contribution in [0.4, 0.5) is 15.8 Å². The summed E-state index contributed by atoms with van der Waals surface area (Å²) < 4.78 is 18.4. The molecule has 0 radical (unpaired) electrons. The number of nitrogens with two attached hydrogens (primary N) is 1. The van der Waals surface area contributed by atoms with E-state index in [2.05, 4.69) is 5.32 Å². The molecule has 0 aromatic heterocycles. The van der Waals surface area contributed by atoms with Crippen LogP contribution in [0.2, 0.25) is 0 Å². The van der Waals surface area contributed by atoms with Crippen molar-refractivity contribution in [2.24, 2.45) is 0 Å². The summed E-state index contributed by atoms with van der Waals surface area (Å²) in [4.78, 5) is 11.7. The first-order valence-corrected chi connectivity index (χ1v) is 6.09. The lowest BCUT2D eigenvalue weighted by Crippen LogP contribution is -2.21. The Labute approximate surface area is 116 Å². The lowest BCUT2D eigenvalue weighted by atomic mass is 10.2. The summed E-state index contributed by atoms with van der Waals surface area (Å²) in [5.74, 6) is -0.804. The maximum atomic E-state index is 13.3. The van der Waals surface area contributed by atoms with Crippen molar-refractivity contribution >= 4 is 17.3 Å². The Morgan fingerprint density at radius 3 is 2.75 bits per heavy atom. The molecule has 5 heteroatoms. The number of nitrogens with one attached hydrogen (secondary N) is 1. The van der Waals surface area contributed by atoms with Crippen LogP contribution >= 0.6 is 0 Å². The predicted octanol–water partition coefficient (Wildman–Crippen LogP) is 2.73. The maximum absolute atomic E-state index is 13.3. The number of carbonyl (C=O) groups excluding carboxylic acids is 1. The topological polar surface area (TPSA) is 64.3 Å². The highest BCUT2D eigenvalue weighted by molar-refractivity contribution is 5.92. The molecule has 0 atom stereocenters. The van der Waals surface area contributed by atoms with Gasteiger partial charge in [0.15, 0.2) is 18.2 Å². The van der Waals surface area contributed by atoms with Crippen LogP contribution in [0.3, 0.4) is 0 Å². The quantitative estimate of drug-likeness (QED) is 0.842. The molecule has 2 aromatic carbocycles. The van der Waals surface area contributed by atoms with E-state index in [9.17, 15) is 9.18 Å². The van der Waals surface area contributed by atoms with E-state index in [1.54, 1.807) is 30.3 Å². The fourth-order valence-corrected chi connectivity index (χ4v) is 1.72. The SMILES string of the molecule is Cc1cc(N)ccc1NC(=O)COc1ccccc1F. The minimum Gasteiger partial charge on any atom is -0.481 e. The number of rotatable bonds is 4. The zero-order chi connectivity index (χ0) is 14.5. The van der Waals surface area contributed by atoms with Gasteiger partial charge in [-0.25, -0.2) is 4.39 Å². The molecular weight excluding hydrogens is 259 g/mol. The molecule has 0 unspecified atom stereocenters. The van der Waals surface area contributed by atoms with Crippen LogP contribution in [0.5, 0.6) is 5.75 Å². The van der Waals surface area contributed by atoms with Gasteiger partial charge >= 0.3 is 0 Å². The molecule has 0 saturated carbocycles. The van der Waals surface area contributed by atoms with E-state index in [4.69, 9.17) is 10.5 Å². The van der Waals surface area contributed by atoms with Crippen molar-refractivity contribution in [2.75, 3.05) is 17.7 Å². The minimum absolute atomic E-state index is 0.0525. The highest BCUT2D eigenvalue weighted by Gasteiger charge is 2.08. The van der Waals surface area contributed by atoms with E-state index >= 15 is 0 Å². The second kappa shape index (κ2) is 6.06. The fourth-order valence-electron chi connectivity index (χ4n) is 1.72. The molecule has 0 spiro atoms. The fraction of sp³-hybridized carbons (Fsp3) is 0.133. The first kappa shape index (κ1) is 13.9. The van der Waals surface area contributed by atoms with Crippen LogP contribution in [0.15, 0.2) is 42.5 Å². The van der Waals surface area contributed by atoms with Crippen molar-refractivity contribution in [1.82, 2.24) is 0 Å². The van der Waals surface area contributed by atoms with Gasteiger partial charge in [-0.05, 0) is 42.8 Å². The third kappa shape index (κ3) is 3.47. The molecule has 2 rings (SSSR count). The Morgan fingerprint density at radius 1 is 1.30 bits per heavy atom. The zero-order valence-corrected chi connectivity index (χ0v) is 11.0. The van der Waals surface area contributed by atoms with Crippen LogP contribution < -0.4 is 15.8 Å². The number of nitrogen functional groups attached to an aromatic ring is 1. The molecule has 20 heavy (non-hydrogen) atoms. The van der Waals surface area contributed by atoms with E-state index in [0.717, 1.165) is 5.56 Å². The molecule has 4 nitrogen and oxygen atoms in total. The molecule has 104 valence electrons. The van der Waals surface area contributed by atoms with Gasteiger partial charge in [-0.1, -0.05) is 12.1 Å². The van der Waals surface area contributed by atoms with E-state index in [-0.39, 0.29) is 18.3 Å². The van der Waals surface area contributed by atoms with Gasteiger partial charge in [0.1, 0.15) is 0 Å². The zero-order valence-electron chi connectivity index (χ0n) is 11.0. The van der Waals surface area contributed by atoms with Gasteiger partial charge in [0.25, 0.3) is 5.91 Å². The number of aryl methyl sites for hydroxylation is 1. The van der Waals surface area contributed by atoms with Gasteiger partial charge in [0.2, 0.25) is 0 Å². The Kier molecular flexibility index (Phi) is 4.20. The summed E-state index contributed by atoms with van der Waals surface area (Å²) in [5.41, 5.74) is 7.76. The Balaban J connectivity index is 1.94. The molecule has 0 aliphatic heterocycles. The number of carbonyl (C=O) groups is 1. The van der Waals surface area contributed by atoms with Gasteiger partial charge < -0.3 is 15.8 Å². The smallest absolute Gasteiger partial charge is 0.262 e. The molecule has 0 fully saturated rings. The predicted molar refractivity (Wildman–Crippen MR) is 76.1 cm³/mol. The molecule has 0 aliphatic carbocycles. The number of amides is 1. The maximum Gasteiger partial charge on any atom is 0.262 e. The highest BCUT2D eigenvalue weighted by atomic mass is 19.1. The molecule has 0 aliphatic rings. The van der Waals surface area contributed by atoms with Crippen molar-refractivity contribution in [3.05, 3.63) is 53.8 Å². The standard InChI is InChI=1S/C15H15FN2O2/c1-10-8-11(17)6-7-13(10)18-15(19)9-20-14-5-3-2-4-12(14)16/h2-8H,9,17H2,1H3,(H,18,19). The van der Waals surface area contributed by atoms with Crippen LogP contribution in [0, 0.1) is 12.7 Å². The van der Waals surface area contributed by atoms with Crippen molar-refractivity contribution in [3.8, 4) is 5.75 Å². The molecule has 2 aromatic rings. The van der Waals surface area contributed by atoms with Crippen LogP contribution in [-0.4, -0.2) is 12.5 Å². The lowest BCUT2D eigenvalue weighted by Gasteiger charge is -2.10. The third-order valence-corrected chi connectivity index (χ3v) is 2.72. The summed E-state index contributed by atoms with van der Waals surface area (Å²) in [6.45, 7) is 1.58. The number of hydrogen-bond acceptors (Lipinski definition) is 3. The van der Waals surface area contributed by atoms with E-state index in [1.807, 2.05) is 6.92 Å². The van der Waals surface area contributed by atoms with Crippen LogP contribution in [-0.2, 0) is 4.79 Å². The average Bonchev–Trinajstić information content (AvgIpc) is 2.41. The van der Waals surface area contributed by atoms with Crippen molar-refractivity contribution < 1.29 is 13.9 Å². The first-order valence-electron chi connectivity index (χ1n) is 6.09. The Morgan fingerprint density at radius 2 is 2.05 bits per heavy atom. The number of ether oxygens (including phenoxy) is 1. The second-order valence-electron chi connectivity index (χ2n) is 4.34. The largest absolute Gasteiger partial charge is 0.481 e. The number of benzene rings is 2. The number of para-hydroxylation sites is 1. The van der Waals surface area contributed by atoms with Crippen molar-refractivity contribution in [2.45, 2.75) is 6.92 Å². The van der Waals surface area contributed by atoms with E-state index < -0.39 is 5.82 Å². The molecule has 3 N–H and O–H groups in total. The monoisotopic (exact) mass is 274 g/mol. The molecule has 0 heterocycles. The Hall–Kier alpha value is -2.56. The van der Waals surface area contributed by atoms with Gasteiger partial charge in [0, 0.05) is 11.4 Å².